The number of carbonyl (C=O) groups is 2. The van der Waals surface area contributed by atoms with E-state index >= 15 is 0 Å². The molecule has 0 saturated carbocycles. The first kappa shape index (κ1) is 19.9. The van der Waals surface area contributed by atoms with Gasteiger partial charge < -0.3 is 9.80 Å². The first-order chi connectivity index (χ1) is 14.5. The third-order valence-electron chi connectivity index (χ3n) is 4.70. The van der Waals surface area contributed by atoms with Crippen molar-refractivity contribution < 1.29 is 18.4 Å². The molecule has 1 aliphatic heterocycles. The zero-order valence-electron chi connectivity index (χ0n) is 15.7. The Bertz CT molecular complexity index is 1070. The summed E-state index contributed by atoms with van der Waals surface area (Å²) in [5.74, 6) is -2.45. The normalized spacial score (nSPS) is 13.9. The minimum Gasteiger partial charge on any atom is -0.335 e. The van der Waals surface area contributed by atoms with Gasteiger partial charge in [-0.05, 0) is 30.3 Å². The van der Waals surface area contributed by atoms with E-state index in [1.165, 1.54) is 22.3 Å². The molecule has 1 aromatic carbocycles. The van der Waals surface area contributed by atoms with E-state index in [0.717, 1.165) is 23.4 Å². The predicted octanol–water partition coefficient (Wildman–Crippen LogP) is 3.47. The van der Waals surface area contributed by atoms with Crippen LogP contribution in [0.25, 0.3) is 11.3 Å². The number of pyridine rings is 1. The molecule has 4 rings (SSSR count). The lowest BCUT2D eigenvalue weighted by Crippen LogP contribution is -2.51. The summed E-state index contributed by atoms with van der Waals surface area (Å²) < 4.78 is 26.4. The van der Waals surface area contributed by atoms with Crippen LogP contribution in [0.3, 0.4) is 0 Å². The first-order valence-corrected chi connectivity index (χ1v) is 10.1. The van der Waals surface area contributed by atoms with Gasteiger partial charge in [-0.25, -0.2) is 18.6 Å². The number of piperazine rings is 1. The van der Waals surface area contributed by atoms with Gasteiger partial charge in [-0.3, -0.25) is 15.1 Å². The fraction of sp³-hybridized carbons (Fsp3) is 0.200. The molecule has 2 aromatic heterocycles. The molecule has 0 bridgehead atoms. The highest BCUT2D eigenvalue weighted by Crippen LogP contribution is 2.24. The third kappa shape index (κ3) is 4.28. The van der Waals surface area contributed by atoms with Gasteiger partial charge in [-0.1, -0.05) is 0 Å². The molecule has 30 heavy (non-hydrogen) atoms. The second-order valence-corrected chi connectivity index (χ2v) is 7.48. The molecule has 0 spiro atoms. The summed E-state index contributed by atoms with van der Waals surface area (Å²) in [6.45, 7) is 1.23. The summed E-state index contributed by atoms with van der Waals surface area (Å²) in [6, 6.07) is 6.47. The van der Waals surface area contributed by atoms with E-state index in [4.69, 9.17) is 0 Å². The zero-order chi connectivity index (χ0) is 21.1. The molecule has 3 aromatic rings. The number of amides is 3. The van der Waals surface area contributed by atoms with Crippen molar-refractivity contribution in [3.05, 3.63) is 65.3 Å². The Kier molecular flexibility index (Phi) is 5.66. The van der Waals surface area contributed by atoms with Gasteiger partial charge in [0.1, 0.15) is 0 Å². The average Bonchev–Trinajstić information content (AvgIpc) is 3.24. The number of rotatable bonds is 3. The molecule has 0 unspecified atom stereocenters. The van der Waals surface area contributed by atoms with Crippen LogP contribution < -0.4 is 5.32 Å². The zero-order valence-corrected chi connectivity index (χ0v) is 16.5. The van der Waals surface area contributed by atoms with Crippen LogP contribution in [-0.4, -0.2) is 57.9 Å². The van der Waals surface area contributed by atoms with Gasteiger partial charge >= 0.3 is 6.03 Å². The molecule has 0 atom stereocenters. The van der Waals surface area contributed by atoms with Gasteiger partial charge in [0.05, 0.1) is 5.69 Å². The van der Waals surface area contributed by atoms with Crippen LogP contribution in [0.1, 0.15) is 10.4 Å². The monoisotopic (exact) mass is 429 g/mol. The highest BCUT2D eigenvalue weighted by atomic mass is 32.1. The molecule has 0 aliphatic carbocycles. The number of anilines is 1. The highest BCUT2D eigenvalue weighted by molar-refractivity contribution is 7.14. The van der Waals surface area contributed by atoms with Crippen LogP contribution in [0, 0.1) is 11.6 Å². The molecule has 7 nitrogen and oxygen atoms in total. The van der Waals surface area contributed by atoms with E-state index in [9.17, 15) is 18.4 Å². The van der Waals surface area contributed by atoms with Crippen molar-refractivity contribution in [2.24, 2.45) is 0 Å². The molecule has 1 fully saturated rings. The van der Waals surface area contributed by atoms with Crippen molar-refractivity contribution in [2.75, 3.05) is 31.5 Å². The smallest absolute Gasteiger partial charge is 0.323 e. The molecule has 0 radical (unpaired) electrons. The van der Waals surface area contributed by atoms with Gasteiger partial charge in [0.15, 0.2) is 16.8 Å². The van der Waals surface area contributed by atoms with Crippen LogP contribution in [0.15, 0.2) is 48.1 Å². The standard InChI is InChI=1S/C20H17F2N5O2S/c21-15-4-3-13(10-16(15)22)18(28)26-6-8-27(9-7-26)20(29)25-19-24-17(12-30-19)14-2-1-5-23-11-14/h1-5,10-12H,6-9H2,(H,24,25,29). The van der Waals surface area contributed by atoms with E-state index in [-0.39, 0.29) is 11.6 Å². The summed E-state index contributed by atoms with van der Waals surface area (Å²) in [5.41, 5.74) is 1.67. The SMILES string of the molecule is O=C(Nc1nc(-c2cccnc2)cs1)N1CCN(C(=O)c2ccc(F)c(F)c2)CC1. The van der Waals surface area contributed by atoms with E-state index in [2.05, 4.69) is 15.3 Å². The van der Waals surface area contributed by atoms with E-state index in [1.807, 2.05) is 17.5 Å². The van der Waals surface area contributed by atoms with Crippen molar-refractivity contribution in [3.8, 4) is 11.3 Å². The molecule has 3 amide bonds. The lowest BCUT2D eigenvalue weighted by Gasteiger charge is -2.34. The Morgan fingerprint density at radius 2 is 1.80 bits per heavy atom. The van der Waals surface area contributed by atoms with Gasteiger partial charge in [0.25, 0.3) is 5.91 Å². The number of benzene rings is 1. The van der Waals surface area contributed by atoms with E-state index in [0.29, 0.717) is 31.3 Å². The summed E-state index contributed by atoms with van der Waals surface area (Å²) in [6.07, 6.45) is 3.37. The quantitative estimate of drug-likeness (QED) is 0.692. The minimum absolute atomic E-state index is 0.0810. The Balaban J connectivity index is 1.33. The Hall–Kier alpha value is -3.40. The summed E-state index contributed by atoms with van der Waals surface area (Å²) in [7, 11) is 0. The fourth-order valence-corrected chi connectivity index (χ4v) is 3.78. The topological polar surface area (TPSA) is 78.4 Å². The maximum atomic E-state index is 13.4. The third-order valence-corrected chi connectivity index (χ3v) is 5.45. The van der Waals surface area contributed by atoms with Crippen molar-refractivity contribution in [3.63, 3.8) is 0 Å². The lowest BCUT2D eigenvalue weighted by molar-refractivity contribution is 0.0671. The van der Waals surface area contributed by atoms with E-state index < -0.39 is 17.5 Å². The molecule has 1 aliphatic rings. The fourth-order valence-electron chi connectivity index (χ4n) is 3.07. The molecule has 1 saturated heterocycles. The minimum atomic E-state index is -1.06. The summed E-state index contributed by atoms with van der Waals surface area (Å²) >= 11 is 1.31. The van der Waals surface area contributed by atoms with E-state index in [1.54, 1.807) is 17.3 Å². The highest BCUT2D eigenvalue weighted by Gasteiger charge is 2.26. The largest absolute Gasteiger partial charge is 0.335 e. The molecule has 154 valence electrons. The van der Waals surface area contributed by atoms with Gasteiger partial charge in [0.2, 0.25) is 0 Å². The Morgan fingerprint density at radius 1 is 1.03 bits per heavy atom. The van der Waals surface area contributed by atoms with Crippen LogP contribution in [0.2, 0.25) is 0 Å². The molecular formula is C20H17F2N5O2S. The number of urea groups is 1. The number of nitrogens with one attached hydrogen (secondary N) is 1. The molecular weight excluding hydrogens is 412 g/mol. The van der Waals surface area contributed by atoms with Crippen molar-refractivity contribution in [1.82, 2.24) is 19.8 Å². The van der Waals surface area contributed by atoms with Crippen LogP contribution in [-0.2, 0) is 0 Å². The average molecular weight is 429 g/mol. The molecule has 1 N–H and O–H groups in total. The second-order valence-electron chi connectivity index (χ2n) is 6.62. The van der Waals surface area contributed by atoms with Gasteiger partial charge in [-0.15, -0.1) is 11.3 Å². The number of halogens is 2. The van der Waals surface area contributed by atoms with Gasteiger partial charge in [0, 0.05) is 55.1 Å². The van der Waals surface area contributed by atoms with Crippen molar-refractivity contribution in [2.45, 2.75) is 0 Å². The summed E-state index contributed by atoms with van der Waals surface area (Å²) in [4.78, 5) is 36.5. The van der Waals surface area contributed by atoms with Crippen LogP contribution in [0.4, 0.5) is 18.7 Å². The van der Waals surface area contributed by atoms with Crippen LogP contribution in [0.5, 0.6) is 0 Å². The maximum Gasteiger partial charge on any atom is 0.323 e. The number of aromatic nitrogens is 2. The second kappa shape index (κ2) is 8.54. The lowest BCUT2D eigenvalue weighted by atomic mass is 10.1. The molecule has 3 heterocycles. The number of hydrogen-bond acceptors (Lipinski definition) is 5. The van der Waals surface area contributed by atoms with Crippen LogP contribution >= 0.6 is 11.3 Å². The first-order valence-electron chi connectivity index (χ1n) is 9.17. The van der Waals surface area contributed by atoms with Gasteiger partial charge in [-0.2, -0.15) is 0 Å². The summed E-state index contributed by atoms with van der Waals surface area (Å²) in [5, 5.41) is 5.08. The molecule has 10 heteroatoms. The maximum absolute atomic E-state index is 13.4. The Labute approximate surface area is 175 Å². The predicted molar refractivity (Wildman–Crippen MR) is 108 cm³/mol. The number of nitrogens with zero attached hydrogens (tertiary/aromatic N) is 4. The van der Waals surface area contributed by atoms with Crippen molar-refractivity contribution in [1.29, 1.82) is 0 Å². The number of thiazole rings is 1. The number of hydrogen-bond donors (Lipinski definition) is 1. The number of carbonyl (C=O) groups excluding carboxylic acids is 2. The Morgan fingerprint density at radius 3 is 2.50 bits per heavy atom. The van der Waals surface area contributed by atoms with Crippen molar-refractivity contribution >= 4 is 28.4 Å².